The molecule has 1 aliphatic rings. The molecular weight excluding hydrogens is 352 g/mol. The number of rotatable bonds is 5. The molecule has 0 spiro atoms. The van der Waals surface area contributed by atoms with Crippen molar-refractivity contribution in [2.45, 2.75) is 44.2 Å². The Morgan fingerprint density at radius 1 is 1.00 bits per heavy atom. The molecule has 0 saturated heterocycles. The summed E-state index contributed by atoms with van der Waals surface area (Å²) in [5.41, 5.74) is 2.57. The highest BCUT2D eigenvalue weighted by molar-refractivity contribution is 5.93. The Hall–Kier alpha value is -2.92. The Bertz CT molecular complexity index is 973. The maximum absolute atomic E-state index is 11.7. The predicted octanol–water partition coefficient (Wildman–Crippen LogP) is 4.45. The van der Waals surface area contributed by atoms with E-state index in [-0.39, 0.29) is 5.69 Å². The first kappa shape index (κ1) is 18.4. The second-order valence-electron chi connectivity index (χ2n) is 7.49. The number of hydrogen-bond donors (Lipinski definition) is 2. The highest BCUT2D eigenvalue weighted by Gasteiger charge is 2.33. The van der Waals surface area contributed by atoms with E-state index < -0.39 is 11.6 Å². The lowest BCUT2D eigenvalue weighted by Crippen LogP contribution is -2.30. The molecule has 1 aliphatic carbocycles. The predicted molar refractivity (Wildman–Crippen MR) is 107 cm³/mol. The molecular formula is C23H24N2O3. The maximum Gasteiger partial charge on any atom is 0.356 e. The van der Waals surface area contributed by atoms with E-state index >= 15 is 0 Å². The smallest absolute Gasteiger partial charge is 0.356 e. The van der Waals surface area contributed by atoms with Gasteiger partial charge >= 0.3 is 5.97 Å². The summed E-state index contributed by atoms with van der Waals surface area (Å²) in [6.07, 6.45) is 6.31. The van der Waals surface area contributed by atoms with Crippen LogP contribution in [-0.4, -0.2) is 25.7 Å². The molecule has 1 fully saturated rings. The Morgan fingerprint density at radius 3 is 2.39 bits per heavy atom. The van der Waals surface area contributed by atoms with Crippen LogP contribution in [0.2, 0.25) is 0 Å². The lowest BCUT2D eigenvalue weighted by atomic mass is 9.78. The van der Waals surface area contributed by atoms with Crippen LogP contribution in [0.1, 0.15) is 53.7 Å². The number of benzene rings is 2. The summed E-state index contributed by atoms with van der Waals surface area (Å²) in [6.45, 7) is 0.461. The number of carbonyl (C=O) groups is 1. The molecule has 28 heavy (non-hydrogen) atoms. The number of aliphatic hydroxyl groups is 1. The molecule has 4 rings (SSSR count). The van der Waals surface area contributed by atoms with Crippen LogP contribution in [0.4, 0.5) is 0 Å². The third-order valence-electron chi connectivity index (χ3n) is 5.63. The molecule has 1 heterocycles. The van der Waals surface area contributed by atoms with Gasteiger partial charge in [-0.3, -0.25) is 0 Å². The summed E-state index contributed by atoms with van der Waals surface area (Å²) in [5.74, 6) is -1.04. The van der Waals surface area contributed by atoms with Crippen LogP contribution >= 0.6 is 0 Å². The monoisotopic (exact) mass is 376 g/mol. The number of nitrogens with zero attached hydrogens (tertiary/aromatic N) is 2. The first-order chi connectivity index (χ1) is 13.6. The number of carboxylic acid groups (broad SMARTS) is 1. The molecule has 0 amide bonds. The zero-order valence-electron chi connectivity index (χ0n) is 15.7. The van der Waals surface area contributed by atoms with Crippen molar-refractivity contribution in [3.63, 3.8) is 0 Å². The largest absolute Gasteiger partial charge is 0.476 e. The molecule has 5 heteroatoms. The molecule has 2 N–H and O–H groups in total. The van der Waals surface area contributed by atoms with Crippen molar-refractivity contribution in [1.82, 2.24) is 9.55 Å². The number of hydrogen-bond acceptors (Lipinski definition) is 3. The molecule has 5 nitrogen and oxygen atoms in total. The third-order valence-corrected chi connectivity index (χ3v) is 5.63. The van der Waals surface area contributed by atoms with Crippen LogP contribution in [0.5, 0.6) is 0 Å². The lowest BCUT2D eigenvalue weighted by Gasteiger charge is -2.34. The van der Waals surface area contributed by atoms with Gasteiger partial charge in [-0.25, -0.2) is 9.78 Å². The van der Waals surface area contributed by atoms with Gasteiger partial charge in [0.05, 0.1) is 17.6 Å². The average molecular weight is 376 g/mol. The van der Waals surface area contributed by atoms with Gasteiger partial charge in [-0.2, -0.15) is 0 Å². The second-order valence-corrected chi connectivity index (χ2v) is 7.49. The summed E-state index contributed by atoms with van der Waals surface area (Å²) in [4.78, 5) is 15.9. The quantitative estimate of drug-likeness (QED) is 0.690. The fourth-order valence-corrected chi connectivity index (χ4v) is 4.26. The first-order valence-electron chi connectivity index (χ1n) is 9.73. The van der Waals surface area contributed by atoms with Gasteiger partial charge < -0.3 is 14.8 Å². The second kappa shape index (κ2) is 7.60. The van der Waals surface area contributed by atoms with E-state index in [4.69, 9.17) is 0 Å². The van der Waals surface area contributed by atoms with Gasteiger partial charge in [0.15, 0.2) is 5.69 Å². The van der Waals surface area contributed by atoms with E-state index in [0.29, 0.717) is 12.2 Å². The standard InChI is InChI=1S/C23H24N2O3/c26-22(27)20-21(17-9-3-1-4-10-17)25(16-24-20)15-18-11-5-6-12-19(18)23(28)13-7-2-8-14-23/h1,3-6,9-12,16,28H,2,7-8,13-15H2,(H,26,27). The zero-order chi connectivity index (χ0) is 19.6. The Balaban J connectivity index is 1.76. The number of carboxylic acids is 1. The molecule has 0 aliphatic heterocycles. The molecule has 144 valence electrons. The summed E-state index contributed by atoms with van der Waals surface area (Å²) < 4.78 is 1.86. The van der Waals surface area contributed by atoms with Crippen molar-refractivity contribution < 1.29 is 15.0 Å². The number of aromatic carboxylic acids is 1. The first-order valence-corrected chi connectivity index (χ1v) is 9.73. The highest BCUT2D eigenvalue weighted by Crippen LogP contribution is 2.39. The zero-order valence-corrected chi connectivity index (χ0v) is 15.7. The van der Waals surface area contributed by atoms with Gasteiger partial charge in [-0.1, -0.05) is 73.9 Å². The molecule has 0 bridgehead atoms. The van der Waals surface area contributed by atoms with Gasteiger partial charge in [-0.05, 0) is 24.0 Å². The topological polar surface area (TPSA) is 75.3 Å². The van der Waals surface area contributed by atoms with Crippen molar-refractivity contribution in [1.29, 1.82) is 0 Å². The van der Waals surface area contributed by atoms with E-state index in [1.807, 2.05) is 59.2 Å². The average Bonchev–Trinajstić information content (AvgIpc) is 3.13. The minimum absolute atomic E-state index is 0.0417. The van der Waals surface area contributed by atoms with Gasteiger partial charge in [0.1, 0.15) is 0 Å². The van der Waals surface area contributed by atoms with Crippen molar-refractivity contribution in [3.8, 4) is 11.3 Å². The molecule has 0 radical (unpaired) electrons. The van der Waals surface area contributed by atoms with Crippen molar-refractivity contribution in [3.05, 3.63) is 77.7 Å². The molecule has 1 saturated carbocycles. The minimum Gasteiger partial charge on any atom is -0.476 e. The summed E-state index contributed by atoms with van der Waals surface area (Å²) in [5, 5.41) is 20.9. The fraction of sp³-hybridized carbons (Fsp3) is 0.304. The Labute approximate surface area is 164 Å². The highest BCUT2D eigenvalue weighted by atomic mass is 16.4. The van der Waals surface area contributed by atoms with E-state index in [1.54, 1.807) is 6.33 Å². The van der Waals surface area contributed by atoms with Gasteiger partial charge in [-0.15, -0.1) is 0 Å². The van der Waals surface area contributed by atoms with Gasteiger partial charge in [0, 0.05) is 12.1 Å². The maximum atomic E-state index is 11.7. The van der Waals surface area contributed by atoms with E-state index in [9.17, 15) is 15.0 Å². The normalized spacial score (nSPS) is 16.0. The van der Waals surface area contributed by atoms with Gasteiger partial charge in [0.2, 0.25) is 0 Å². The van der Waals surface area contributed by atoms with E-state index in [2.05, 4.69) is 4.98 Å². The Morgan fingerprint density at radius 2 is 1.68 bits per heavy atom. The van der Waals surface area contributed by atoms with E-state index in [0.717, 1.165) is 48.8 Å². The van der Waals surface area contributed by atoms with Crippen LogP contribution in [0, 0.1) is 0 Å². The minimum atomic E-state index is -1.04. The van der Waals surface area contributed by atoms with Crippen molar-refractivity contribution in [2.24, 2.45) is 0 Å². The Kier molecular flexibility index (Phi) is 5.01. The summed E-state index contributed by atoms with van der Waals surface area (Å²) in [6, 6.07) is 17.4. The van der Waals surface area contributed by atoms with Crippen LogP contribution in [0.25, 0.3) is 11.3 Å². The SMILES string of the molecule is O=C(O)c1ncn(Cc2ccccc2C2(O)CCCCC2)c1-c1ccccc1. The molecule has 2 aromatic carbocycles. The molecule has 3 aromatic rings. The van der Waals surface area contributed by atoms with Crippen LogP contribution in [0.15, 0.2) is 60.9 Å². The number of imidazole rings is 1. The van der Waals surface area contributed by atoms with Crippen LogP contribution in [-0.2, 0) is 12.1 Å². The van der Waals surface area contributed by atoms with Crippen molar-refractivity contribution >= 4 is 5.97 Å². The van der Waals surface area contributed by atoms with Crippen LogP contribution < -0.4 is 0 Å². The van der Waals surface area contributed by atoms with E-state index in [1.165, 1.54) is 0 Å². The van der Waals surface area contributed by atoms with Crippen molar-refractivity contribution in [2.75, 3.05) is 0 Å². The molecule has 0 unspecified atom stereocenters. The third kappa shape index (κ3) is 3.45. The van der Waals surface area contributed by atoms with Gasteiger partial charge in [0.25, 0.3) is 0 Å². The summed E-state index contributed by atoms with van der Waals surface area (Å²) >= 11 is 0. The molecule has 0 atom stereocenters. The molecule has 1 aromatic heterocycles. The summed E-state index contributed by atoms with van der Waals surface area (Å²) in [7, 11) is 0. The fourth-order valence-electron chi connectivity index (χ4n) is 4.26. The number of aromatic nitrogens is 2. The van der Waals surface area contributed by atoms with Crippen LogP contribution in [0.3, 0.4) is 0 Å². The lowest BCUT2D eigenvalue weighted by molar-refractivity contribution is -0.00148.